The zero-order valence-corrected chi connectivity index (χ0v) is 23.9. The monoisotopic (exact) mass is 586 g/mol. The second kappa shape index (κ2) is 12.6. The first-order chi connectivity index (χ1) is 19.1. The van der Waals surface area contributed by atoms with E-state index in [4.69, 9.17) is 21.1 Å². The highest BCUT2D eigenvalue weighted by Gasteiger charge is 2.41. The third-order valence-electron chi connectivity index (χ3n) is 6.88. The fourth-order valence-electron chi connectivity index (χ4n) is 4.79. The van der Waals surface area contributed by atoms with Crippen LogP contribution in [0, 0.1) is 5.82 Å². The van der Waals surface area contributed by atoms with Crippen molar-refractivity contribution < 1.29 is 27.8 Å². The molecule has 1 aliphatic rings. The lowest BCUT2D eigenvalue weighted by molar-refractivity contribution is 0.0299. The Kier molecular flexibility index (Phi) is 9.35. The highest BCUT2D eigenvalue weighted by Crippen LogP contribution is 2.60. The number of hydrogen-bond donors (Lipinski definition) is 2. The first-order valence-electron chi connectivity index (χ1n) is 12.5. The van der Waals surface area contributed by atoms with Crippen LogP contribution in [0.3, 0.4) is 0 Å². The second-order valence-electron chi connectivity index (χ2n) is 9.25. The molecule has 0 bridgehead atoms. The van der Waals surface area contributed by atoms with E-state index >= 15 is 0 Å². The molecule has 0 fully saturated rings. The summed E-state index contributed by atoms with van der Waals surface area (Å²) >= 11 is 6.80. The SMILES string of the molecule is C=CCOC(CC=C)[C@@H]1CN(c2ccccc2)c2cc(Cl)c(-c3ccc(F)c(C(=O)OC)c3)cc2S(O)(O)N1C. The van der Waals surface area contributed by atoms with E-state index in [-0.39, 0.29) is 22.1 Å². The number of carbonyl (C=O) groups excluding carboxylic acids is 1. The molecule has 0 amide bonds. The zero-order chi connectivity index (χ0) is 29.0. The summed E-state index contributed by atoms with van der Waals surface area (Å²) in [7, 11) is -0.780. The molecule has 0 spiro atoms. The minimum absolute atomic E-state index is 0.228. The smallest absolute Gasteiger partial charge is 0.340 e. The Bertz CT molecular complexity index is 1400. The highest BCUT2D eigenvalue weighted by molar-refractivity contribution is 8.22. The zero-order valence-electron chi connectivity index (χ0n) is 22.3. The molecule has 0 aromatic heterocycles. The van der Waals surface area contributed by atoms with Gasteiger partial charge in [-0.05, 0) is 48.4 Å². The Morgan fingerprint density at radius 3 is 2.55 bits per heavy atom. The van der Waals surface area contributed by atoms with Gasteiger partial charge in [0.1, 0.15) is 5.82 Å². The lowest BCUT2D eigenvalue weighted by Gasteiger charge is -2.45. The summed E-state index contributed by atoms with van der Waals surface area (Å²) in [4.78, 5) is 14.4. The quantitative estimate of drug-likeness (QED) is 0.198. The Balaban J connectivity index is 1.93. The lowest BCUT2D eigenvalue weighted by atomic mass is 10.0. The molecule has 4 rings (SSSR count). The maximum absolute atomic E-state index is 14.4. The molecular weight excluding hydrogens is 555 g/mol. The van der Waals surface area contributed by atoms with Gasteiger partial charge in [0, 0.05) is 24.8 Å². The van der Waals surface area contributed by atoms with E-state index < -0.39 is 34.7 Å². The van der Waals surface area contributed by atoms with E-state index in [0.29, 0.717) is 29.8 Å². The molecule has 1 unspecified atom stereocenters. The van der Waals surface area contributed by atoms with Crippen LogP contribution in [0.1, 0.15) is 16.8 Å². The number of carbonyl (C=O) groups is 1. The minimum Gasteiger partial charge on any atom is -0.465 e. The van der Waals surface area contributed by atoms with Crippen LogP contribution in [0.2, 0.25) is 5.02 Å². The standard InChI is InChI=1S/C30H32ClFN2O5S/c1-5-10-28(39-15-6-2)27-19-34(21-11-8-7-9-12-21)26-18-24(31)22(17-29(26)40(36,37)33(27)3)20-13-14-25(32)23(16-20)30(35)38-4/h5-9,11-14,16-18,27-28,36-37H,1-2,10,15,19H2,3-4H3/t27-,28?/m0/s1. The van der Waals surface area contributed by atoms with E-state index in [1.54, 1.807) is 31.3 Å². The average Bonchev–Trinajstić information content (AvgIpc) is 3.03. The topological polar surface area (TPSA) is 82.5 Å². The molecule has 2 atom stereocenters. The summed E-state index contributed by atoms with van der Waals surface area (Å²) in [5, 5.41) is 0.281. The number of esters is 1. The summed E-state index contributed by atoms with van der Waals surface area (Å²) < 4.78 is 50.3. The predicted octanol–water partition coefficient (Wildman–Crippen LogP) is 7.56. The van der Waals surface area contributed by atoms with Crippen LogP contribution >= 0.6 is 22.4 Å². The molecule has 10 heteroatoms. The van der Waals surface area contributed by atoms with Gasteiger partial charge >= 0.3 is 5.97 Å². The lowest BCUT2D eigenvalue weighted by Crippen LogP contribution is -2.48. The molecule has 3 aromatic rings. The molecule has 3 aromatic carbocycles. The minimum atomic E-state index is -3.60. The van der Waals surface area contributed by atoms with Crippen molar-refractivity contribution in [3.05, 3.63) is 102 Å². The highest BCUT2D eigenvalue weighted by atomic mass is 35.5. The van der Waals surface area contributed by atoms with Crippen molar-refractivity contribution in [1.29, 1.82) is 0 Å². The van der Waals surface area contributed by atoms with E-state index in [0.717, 1.165) is 11.8 Å². The van der Waals surface area contributed by atoms with Gasteiger partial charge in [0.15, 0.2) is 0 Å². The van der Waals surface area contributed by atoms with Crippen molar-refractivity contribution in [1.82, 2.24) is 4.31 Å². The van der Waals surface area contributed by atoms with E-state index in [2.05, 4.69) is 13.2 Å². The van der Waals surface area contributed by atoms with Gasteiger partial charge < -0.3 is 14.4 Å². The summed E-state index contributed by atoms with van der Waals surface area (Å²) in [6.07, 6.45) is 3.42. The van der Waals surface area contributed by atoms with Gasteiger partial charge in [-0.1, -0.05) is 48.0 Å². The van der Waals surface area contributed by atoms with Crippen molar-refractivity contribution in [2.45, 2.75) is 23.5 Å². The number of likely N-dealkylation sites (N-methyl/N-ethyl adjacent to an activating group) is 1. The van der Waals surface area contributed by atoms with Crippen LogP contribution in [-0.4, -0.2) is 58.8 Å². The third kappa shape index (κ3) is 5.81. The third-order valence-corrected chi connectivity index (χ3v) is 9.18. The van der Waals surface area contributed by atoms with Crippen LogP contribution in [0.4, 0.5) is 15.8 Å². The molecular formula is C30H32ClFN2O5S. The number of benzene rings is 3. The molecule has 0 aliphatic carbocycles. The van der Waals surface area contributed by atoms with Gasteiger partial charge in [-0.15, -0.1) is 23.9 Å². The summed E-state index contributed by atoms with van der Waals surface area (Å²) in [5.41, 5.74) is 1.88. The summed E-state index contributed by atoms with van der Waals surface area (Å²) in [6, 6.07) is 16.3. The fraction of sp³-hybridized carbons (Fsp3) is 0.233. The Hall–Kier alpha value is -3.18. The number of para-hydroxylation sites is 1. The summed E-state index contributed by atoms with van der Waals surface area (Å²) in [6.45, 7) is 8.23. The fourth-order valence-corrected chi connectivity index (χ4v) is 6.68. The van der Waals surface area contributed by atoms with E-state index in [1.807, 2.05) is 35.2 Å². The molecule has 1 heterocycles. The van der Waals surface area contributed by atoms with Crippen LogP contribution < -0.4 is 4.90 Å². The largest absolute Gasteiger partial charge is 0.465 e. The summed E-state index contributed by atoms with van der Waals surface area (Å²) in [5.74, 6) is -1.57. The van der Waals surface area contributed by atoms with Crippen LogP contribution in [-0.2, 0) is 9.47 Å². The van der Waals surface area contributed by atoms with Crippen molar-refractivity contribution in [3.8, 4) is 11.1 Å². The molecule has 212 valence electrons. The number of halogens is 2. The molecule has 0 saturated heterocycles. The molecule has 2 N–H and O–H groups in total. The molecule has 0 saturated carbocycles. The maximum atomic E-state index is 14.4. The van der Waals surface area contributed by atoms with Crippen molar-refractivity contribution in [3.63, 3.8) is 0 Å². The van der Waals surface area contributed by atoms with Gasteiger partial charge in [-0.2, -0.15) is 4.31 Å². The van der Waals surface area contributed by atoms with Gasteiger partial charge in [-0.25, -0.2) is 9.18 Å². The number of ether oxygens (including phenoxy) is 2. The van der Waals surface area contributed by atoms with Gasteiger partial charge in [-0.3, -0.25) is 9.11 Å². The van der Waals surface area contributed by atoms with Gasteiger partial charge in [0.2, 0.25) is 0 Å². The molecule has 40 heavy (non-hydrogen) atoms. The number of anilines is 2. The van der Waals surface area contributed by atoms with Crippen LogP contribution in [0.5, 0.6) is 0 Å². The number of methoxy groups -OCH3 is 1. The first-order valence-corrected chi connectivity index (χ1v) is 14.4. The number of hydrogen-bond acceptors (Lipinski definition) is 7. The van der Waals surface area contributed by atoms with E-state index in [9.17, 15) is 18.3 Å². The van der Waals surface area contributed by atoms with Crippen molar-refractivity contribution in [2.24, 2.45) is 0 Å². The van der Waals surface area contributed by atoms with Crippen LogP contribution in [0.25, 0.3) is 11.1 Å². The Morgan fingerprint density at radius 1 is 1.18 bits per heavy atom. The second-order valence-corrected chi connectivity index (χ2v) is 11.7. The number of fused-ring (bicyclic) bond motifs is 1. The molecule has 0 radical (unpaired) electrons. The predicted molar refractivity (Wildman–Crippen MR) is 159 cm³/mol. The number of rotatable bonds is 9. The average molecular weight is 587 g/mol. The maximum Gasteiger partial charge on any atom is 0.340 e. The van der Waals surface area contributed by atoms with E-state index in [1.165, 1.54) is 23.5 Å². The van der Waals surface area contributed by atoms with Crippen molar-refractivity contribution >= 4 is 39.7 Å². The first kappa shape index (κ1) is 29.8. The Labute approximate surface area is 240 Å². The molecule has 7 nitrogen and oxygen atoms in total. The van der Waals surface area contributed by atoms with Gasteiger partial charge in [0.05, 0.1) is 47.0 Å². The Morgan fingerprint density at radius 2 is 1.90 bits per heavy atom. The normalized spacial score (nSPS) is 18.2. The van der Waals surface area contributed by atoms with Crippen molar-refractivity contribution in [2.75, 3.05) is 32.2 Å². The number of nitrogens with zero attached hydrogens (tertiary/aromatic N) is 2. The molecule has 1 aliphatic heterocycles. The van der Waals surface area contributed by atoms with Crippen LogP contribution in [0.15, 0.2) is 90.9 Å². The van der Waals surface area contributed by atoms with Gasteiger partial charge in [0.25, 0.3) is 0 Å².